The van der Waals surface area contributed by atoms with Crippen molar-refractivity contribution in [3.05, 3.63) is 35.4 Å². The average Bonchev–Trinajstić information content (AvgIpc) is 2.71. The Balaban J connectivity index is 1.82. The molecule has 1 aromatic rings. The summed E-state index contributed by atoms with van der Waals surface area (Å²) >= 11 is 0. The van der Waals surface area contributed by atoms with Gasteiger partial charge in [0.2, 0.25) is 0 Å². The third-order valence-corrected chi connectivity index (χ3v) is 4.13. The van der Waals surface area contributed by atoms with E-state index in [9.17, 15) is 0 Å². The van der Waals surface area contributed by atoms with Gasteiger partial charge in [-0.2, -0.15) is 0 Å². The number of hydrogen-bond acceptors (Lipinski definition) is 2. The SMILES string of the molecule is CC1CN(C2CCc3ccccc32)CC(C)N1. The molecule has 3 rings (SSSR count). The van der Waals surface area contributed by atoms with Crippen LogP contribution in [0.2, 0.25) is 0 Å². The molecular weight excluding hydrogens is 208 g/mol. The van der Waals surface area contributed by atoms with Crippen LogP contribution in [0.1, 0.15) is 37.4 Å². The van der Waals surface area contributed by atoms with Gasteiger partial charge in [-0.05, 0) is 37.8 Å². The molecule has 1 aliphatic carbocycles. The Morgan fingerprint density at radius 2 is 1.82 bits per heavy atom. The van der Waals surface area contributed by atoms with Crippen molar-refractivity contribution in [3.8, 4) is 0 Å². The summed E-state index contributed by atoms with van der Waals surface area (Å²) in [7, 11) is 0. The second-order valence-corrected chi connectivity index (χ2v) is 5.68. The first-order chi connectivity index (χ1) is 8.24. The van der Waals surface area contributed by atoms with E-state index in [0.717, 1.165) is 0 Å². The number of aryl methyl sites for hydroxylation is 1. The standard InChI is InChI=1S/C15H22N2/c1-11-9-17(10-12(2)16-11)15-8-7-13-5-3-4-6-14(13)15/h3-6,11-12,15-16H,7-10H2,1-2H3. The minimum atomic E-state index is 0.617. The van der Waals surface area contributed by atoms with Crippen molar-refractivity contribution in [2.24, 2.45) is 0 Å². The Morgan fingerprint density at radius 3 is 2.59 bits per heavy atom. The van der Waals surface area contributed by atoms with Crippen molar-refractivity contribution < 1.29 is 0 Å². The molecule has 0 spiro atoms. The molecular formula is C15H22N2. The Hall–Kier alpha value is -0.860. The molecule has 0 aromatic heterocycles. The Bertz CT molecular complexity index is 392. The lowest BCUT2D eigenvalue weighted by Crippen LogP contribution is -2.54. The van der Waals surface area contributed by atoms with Crippen molar-refractivity contribution in [2.75, 3.05) is 13.1 Å². The number of piperazine rings is 1. The van der Waals surface area contributed by atoms with Crippen molar-refractivity contribution in [3.63, 3.8) is 0 Å². The van der Waals surface area contributed by atoms with Crippen LogP contribution in [0.3, 0.4) is 0 Å². The highest BCUT2D eigenvalue weighted by atomic mass is 15.2. The van der Waals surface area contributed by atoms with Gasteiger partial charge in [0.15, 0.2) is 0 Å². The van der Waals surface area contributed by atoms with Crippen LogP contribution >= 0.6 is 0 Å². The number of fused-ring (bicyclic) bond motifs is 1. The quantitative estimate of drug-likeness (QED) is 0.796. The summed E-state index contributed by atoms with van der Waals surface area (Å²) in [6.45, 7) is 6.96. The van der Waals surface area contributed by atoms with E-state index in [2.05, 4.69) is 48.3 Å². The molecule has 92 valence electrons. The Labute approximate surface area is 104 Å². The minimum Gasteiger partial charge on any atom is -0.309 e. The molecule has 3 unspecified atom stereocenters. The van der Waals surface area contributed by atoms with Gasteiger partial charge in [0.25, 0.3) is 0 Å². The van der Waals surface area contributed by atoms with E-state index in [1.54, 1.807) is 11.1 Å². The number of hydrogen-bond donors (Lipinski definition) is 1. The van der Waals surface area contributed by atoms with Crippen LogP contribution in [0, 0.1) is 0 Å². The highest BCUT2D eigenvalue weighted by molar-refractivity contribution is 5.34. The van der Waals surface area contributed by atoms with Gasteiger partial charge < -0.3 is 5.32 Å². The predicted molar refractivity (Wildman–Crippen MR) is 71.1 cm³/mol. The van der Waals surface area contributed by atoms with Gasteiger partial charge in [0.1, 0.15) is 0 Å². The molecule has 1 fully saturated rings. The second kappa shape index (κ2) is 4.43. The number of rotatable bonds is 1. The molecule has 1 saturated heterocycles. The third-order valence-electron chi connectivity index (χ3n) is 4.13. The highest BCUT2D eigenvalue weighted by Crippen LogP contribution is 2.36. The van der Waals surface area contributed by atoms with Crippen molar-refractivity contribution in [2.45, 2.75) is 44.8 Å². The Kier molecular flexibility index (Phi) is 2.93. The van der Waals surface area contributed by atoms with Gasteiger partial charge in [-0.3, -0.25) is 4.90 Å². The molecule has 2 aliphatic rings. The zero-order valence-corrected chi connectivity index (χ0v) is 10.8. The first kappa shape index (κ1) is 11.2. The van der Waals surface area contributed by atoms with E-state index in [0.29, 0.717) is 18.1 Å². The molecule has 1 heterocycles. The van der Waals surface area contributed by atoms with Crippen LogP contribution < -0.4 is 5.32 Å². The summed E-state index contributed by atoms with van der Waals surface area (Å²) in [6, 6.07) is 10.9. The van der Waals surface area contributed by atoms with E-state index < -0.39 is 0 Å². The zero-order chi connectivity index (χ0) is 11.8. The monoisotopic (exact) mass is 230 g/mol. The van der Waals surface area contributed by atoms with Crippen molar-refractivity contribution in [1.82, 2.24) is 10.2 Å². The minimum absolute atomic E-state index is 0.617. The van der Waals surface area contributed by atoms with Crippen LogP contribution in [-0.4, -0.2) is 30.1 Å². The van der Waals surface area contributed by atoms with E-state index >= 15 is 0 Å². The largest absolute Gasteiger partial charge is 0.309 e. The van der Waals surface area contributed by atoms with Gasteiger partial charge in [0.05, 0.1) is 0 Å². The van der Waals surface area contributed by atoms with Gasteiger partial charge in [0, 0.05) is 31.2 Å². The summed E-state index contributed by atoms with van der Waals surface area (Å²) in [4.78, 5) is 2.68. The van der Waals surface area contributed by atoms with Crippen LogP contribution in [0.4, 0.5) is 0 Å². The van der Waals surface area contributed by atoms with E-state index in [4.69, 9.17) is 0 Å². The van der Waals surface area contributed by atoms with E-state index in [1.165, 1.54) is 25.9 Å². The summed E-state index contributed by atoms with van der Waals surface area (Å²) < 4.78 is 0. The second-order valence-electron chi connectivity index (χ2n) is 5.68. The van der Waals surface area contributed by atoms with Crippen LogP contribution in [0.5, 0.6) is 0 Å². The van der Waals surface area contributed by atoms with Crippen LogP contribution in [0.15, 0.2) is 24.3 Å². The number of nitrogens with one attached hydrogen (secondary N) is 1. The zero-order valence-electron chi connectivity index (χ0n) is 10.8. The molecule has 0 amide bonds. The van der Waals surface area contributed by atoms with Crippen LogP contribution in [0.25, 0.3) is 0 Å². The summed E-state index contributed by atoms with van der Waals surface area (Å²) in [5.41, 5.74) is 3.14. The van der Waals surface area contributed by atoms with Gasteiger partial charge in [-0.15, -0.1) is 0 Å². The molecule has 0 bridgehead atoms. The smallest absolute Gasteiger partial charge is 0.0355 e. The van der Waals surface area contributed by atoms with Crippen molar-refractivity contribution in [1.29, 1.82) is 0 Å². The number of nitrogens with zero attached hydrogens (tertiary/aromatic N) is 1. The third kappa shape index (κ3) is 2.12. The van der Waals surface area contributed by atoms with E-state index in [-0.39, 0.29) is 0 Å². The summed E-state index contributed by atoms with van der Waals surface area (Å²) in [5.74, 6) is 0. The molecule has 1 N–H and O–H groups in total. The molecule has 1 aliphatic heterocycles. The molecule has 3 atom stereocenters. The van der Waals surface area contributed by atoms with Gasteiger partial charge >= 0.3 is 0 Å². The summed E-state index contributed by atoms with van der Waals surface area (Å²) in [5, 5.41) is 3.61. The lowest BCUT2D eigenvalue weighted by molar-refractivity contribution is 0.122. The molecule has 2 heteroatoms. The summed E-state index contributed by atoms with van der Waals surface area (Å²) in [6.07, 6.45) is 2.56. The normalized spacial score (nSPS) is 33.6. The fourth-order valence-corrected chi connectivity index (χ4v) is 3.54. The van der Waals surface area contributed by atoms with E-state index in [1.807, 2.05) is 0 Å². The average molecular weight is 230 g/mol. The van der Waals surface area contributed by atoms with Crippen LogP contribution in [-0.2, 0) is 6.42 Å². The lowest BCUT2D eigenvalue weighted by atomic mass is 10.0. The topological polar surface area (TPSA) is 15.3 Å². The molecule has 17 heavy (non-hydrogen) atoms. The molecule has 1 aromatic carbocycles. The first-order valence-corrected chi connectivity index (χ1v) is 6.82. The predicted octanol–water partition coefficient (Wildman–Crippen LogP) is 2.36. The molecule has 2 nitrogen and oxygen atoms in total. The number of benzene rings is 1. The fraction of sp³-hybridized carbons (Fsp3) is 0.600. The fourth-order valence-electron chi connectivity index (χ4n) is 3.54. The van der Waals surface area contributed by atoms with Gasteiger partial charge in [-0.1, -0.05) is 24.3 Å². The maximum absolute atomic E-state index is 3.61. The lowest BCUT2D eigenvalue weighted by Gasteiger charge is -2.40. The molecule has 0 saturated carbocycles. The molecule has 0 radical (unpaired) electrons. The highest BCUT2D eigenvalue weighted by Gasteiger charge is 2.31. The Morgan fingerprint density at radius 1 is 1.12 bits per heavy atom. The maximum Gasteiger partial charge on any atom is 0.0355 e. The maximum atomic E-state index is 3.61. The van der Waals surface area contributed by atoms with Gasteiger partial charge in [-0.25, -0.2) is 0 Å². The first-order valence-electron chi connectivity index (χ1n) is 6.82. The van der Waals surface area contributed by atoms with Crippen molar-refractivity contribution >= 4 is 0 Å².